The molecule has 2 aliphatic rings. The van der Waals surface area contributed by atoms with Gasteiger partial charge in [0, 0.05) is 13.0 Å². The van der Waals surface area contributed by atoms with E-state index in [0.29, 0.717) is 13.0 Å². The largest absolute Gasteiger partial charge is 0.457 e. The molecule has 390 valence electrons. The highest BCUT2D eigenvalue weighted by atomic mass is 16.7. The van der Waals surface area contributed by atoms with Gasteiger partial charge in [-0.2, -0.15) is 0 Å². The van der Waals surface area contributed by atoms with Crippen molar-refractivity contribution >= 4 is 5.97 Å². The summed E-state index contributed by atoms with van der Waals surface area (Å²) >= 11 is 0. The van der Waals surface area contributed by atoms with Crippen LogP contribution >= 0.6 is 0 Å². The zero-order valence-electron chi connectivity index (χ0n) is 41.4. The van der Waals surface area contributed by atoms with E-state index in [0.717, 1.165) is 38.5 Å². The van der Waals surface area contributed by atoms with Crippen LogP contribution in [-0.2, 0) is 33.2 Å². The molecule has 11 atom stereocenters. The van der Waals surface area contributed by atoms with Gasteiger partial charge in [0.15, 0.2) is 12.6 Å². The van der Waals surface area contributed by atoms with Crippen molar-refractivity contribution in [2.45, 2.75) is 280 Å². The molecule has 0 amide bonds. The van der Waals surface area contributed by atoms with Gasteiger partial charge in [-0.15, -0.1) is 0 Å². The molecule has 0 aromatic carbocycles. The lowest BCUT2D eigenvalue weighted by Crippen LogP contribution is -2.61. The molecule has 0 saturated carbocycles. The van der Waals surface area contributed by atoms with Crippen molar-refractivity contribution in [3.8, 4) is 0 Å². The topological polar surface area (TPSA) is 214 Å². The molecule has 2 saturated heterocycles. The highest BCUT2D eigenvalue weighted by molar-refractivity contribution is 5.69. The molecule has 2 aliphatic heterocycles. The number of aliphatic hydroxyl groups is 7. The molecule has 2 fully saturated rings. The summed E-state index contributed by atoms with van der Waals surface area (Å²) in [6.07, 6.45) is 25.6. The average Bonchev–Trinajstić information content (AvgIpc) is 3.31. The van der Waals surface area contributed by atoms with Crippen LogP contribution in [0.15, 0.2) is 12.2 Å². The first-order chi connectivity index (χ1) is 32.1. The van der Waals surface area contributed by atoms with Gasteiger partial charge in [-0.3, -0.25) is 4.79 Å². The fourth-order valence-electron chi connectivity index (χ4n) is 8.63. The first-order valence-corrected chi connectivity index (χ1v) is 26.8. The number of carbonyl (C=O) groups is 1. The van der Waals surface area contributed by atoms with Crippen LogP contribution in [0, 0.1) is 0 Å². The number of aliphatic hydroxyl groups excluding tert-OH is 7. The van der Waals surface area contributed by atoms with E-state index in [1.165, 1.54) is 148 Å². The Kier molecular flexibility index (Phi) is 37.3. The summed E-state index contributed by atoms with van der Waals surface area (Å²) in [6.45, 7) is 3.71. The van der Waals surface area contributed by atoms with Crippen LogP contribution in [-0.4, -0.2) is 142 Å². The number of ether oxygens (including phenoxy) is 6. The van der Waals surface area contributed by atoms with Gasteiger partial charge in [0.2, 0.25) is 0 Å². The van der Waals surface area contributed by atoms with E-state index in [2.05, 4.69) is 26.0 Å². The van der Waals surface area contributed by atoms with Crippen molar-refractivity contribution in [3.05, 3.63) is 12.2 Å². The third-order valence-electron chi connectivity index (χ3n) is 13.0. The lowest BCUT2D eigenvalue weighted by atomic mass is 9.98. The summed E-state index contributed by atoms with van der Waals surface area (Å²) in [4.78, 5) is 13.0. The molecular formula is C52H98O14. The molecule has 0 aliphatic carbocycles. The Morgan fingerprint density at radius 3 is 1.38 bits per heavy atom. The molecule has 2 heterocycles. The Morgan fingerprint density at radius 2 is 0.894 bits per heavy atom. The maximum absolute atomic E-state index is 13.0. The minimum absolute atomic E-state index is 0.0662. The monoisotopic (exact) mass is 947 g/mol. The van der Waals surface area contributed by atoms with E-state index in [1.807, 2.05) is 0 Å². The summed E-state index contributed by atoms with van der Waals surface area (Å²) in [5, 5.41) is 72.1. The van der Waals surface area contributed by atoms with Gasteiger partial charge in [-0.1, -0.05) is 180 Å². The number of unbranched alkanes of at least 4 members (excludes halogenated alkanes) is 27. The minimum atomic E-state index is -1.70. The number of hydrogen-bond acceptors (Lipinski definition) is 14. The van der Waals surface area contributed by atoms with E-state index in [9.17, 15) is 40.5 Å². The second-order valence-electron chi connectivity index (χ2n) is 19.1. The van der Waals surface area contributed by atoms with E-state index in [1.54, 1.807) is 0 Å². The Balaban J connectivity index is 1.72. The first-order valence-electron chi connectivity index (χ1n) is 26.8. The number of allylic oxidation sites excluding steroid dienone is 2. The molecule has 0 aromatic heterocycles. The lowest BCUT2D eigenvalue weighted by Gasteiger charge is -2.42. The first kappa shape index (κ1) is 60.9. The lowest BCUT2D eigenvalue weighted by molar-refractivity contribution is -0.332. The third kappa shape index (κ3) is 27.8. The fourth-order valence-corrected chi connectivity index (χ4v) is 8.63. The van der Waals surface area contributed by atoms with Crippen molar-refractivity contribution in [1.82, 2.24) is 0 Å². The predicted molar refractivity (Wildman–Crippen MR) is 257 cm³/mol. The predicted octanol–water partition coefficient (Wildman–Crippen LogP) is 8.24. The smallest absolute Gasteiger partial charge is 0.306 e. The minimum Gasteiger partial charge on any atom is -0.457 e. The average molecular weight is 947 g/mol. The summed E-state index contributed by atoms with van der Waals surface area (Å²) in [6, 6.07) is 0. The van der Waals surface area contributed by atoms with Crippen LogP contribution in [0.4, 0.5) is 0 Å². The molecule has 11 unspecified atom stereocenters. The Bertz CT molecular complexity index is 1140. The molecule has 0 spiro atoms. The van der Waals surface area contributed by atoms with Crippen LogP contribution in [0.1, 0.15) is 213 Å². The van der Waals surface area contributed by atoms with Crippen molar-refractivity contribution in [1.29, 1.82) is 0 Å². The number of rotatable bonds is 43. The van der Waals surface area contributed by atoms with E-state index < -0.39 is 80.7 Å². The second-order valence-corrected chi connectivity index (χ2v) is 19.1. The van der Waals surface area contributed by atoms with E-state index in [-0.39, 0.29) is 25.6 Å². The van der Waals surface area contributed by atoms with Crippen molar-refractivity contribution < 1.29 is 69.0 Å². The van der Waals surface area contributed by atoms with E-state index >= 15 is 0 Å². The highest BCUT2D eigenvalue weighted by Gasteiger charge is 2.47. The van der Waals surface area contributed by atoms with Gasteiger partial charge in [-0.05, 0) is 38.5 Å². The summed E-state index contributed by atoms with van der Waals surface area (Å²) in [7, 11) is 0. The molecule has 14 heteroatoms. The van der Waals surface area contributed by atoms with Gasteiger partial charge in [0.05, 0.1) is 26.4 Å². The van der Waals surface area contributed by atoms with Gasteiger partial charge < -0.3 is 64.2 Å². The number of esters is 1. The van der Waals surface area contributed by atoms with Crippen molar-refractivity contribution in [2.24, 2.45) is 0 Å². The van der Waals surface area contributed by atoms with E-state index in [4.69, 9.17) is 28.4 Å². The maximum Gasteiger partial charge on any atom is 0.306 e. The normalized spacial score (nSPS) is 26.3. The van der Waals surface area contributed by atoms with Gasteiger partial charge in [0.1, 0.15) is 54.9 Å². The molecule has 14 nitrogen and oxygen atoms in total. The van der Waals surface area contributed by atoms with Crippen LogP contribution in [0.3, 0.4) is 0 Å². The van der Waals surface area contributed by atoms with Gasteiger partial charge in [-0.25, -0.2) is 0 Å². The Morgan fingerprint density at radius 1 is 0.485 bits per heavy atom. The highest BCUT2D eigenvalue weighted by Crippen LogP contribution is 2.26. The number of carbonyl (C=O) groups excluding carboxylic acids is 1. The quantitative estimate of drug-likeness (QED) is 0.0174. The zero-order chi connectivity index (χ0) is 48.0. The molecule has 0 radical (unpaired) electrons. The van der Waals surface area contributed by atoms with Crippen LogP contribution in [0.5, 0.6) is 0 Å². The van der Waals surface area contributed by atoms with Crippen molar-refractivity contribution in [2.75, 3.05) is 33.0 Å². The van der Waals surface area contributed by atoms with Crippen LogP contribution in [0.2, 0.25) is 0 Å². The Labute approximate surface area is 399 Å². The summed E-state index contributed by atoms with van der Waals surface area (Å²) < 4.78 is 34.3. The molecule has 0 aromatic rings. The zero-order valence-corrected chi connectivity index (χ0v) is 41.4. The second kappa shape index (κ2) is 40.5. The molecular weight excluding hydrogens is 849 g/mol. The SMILES string of the molecule is CCCCCCCCCC/C=C\CCCCCCCCCCCC(=O)OC(COCCCCCCCCCCCCC)COC1OC(COC2OC(CO)C(O)C(O)C2O)C(O)C(O)C1O. The third-order valence-corrected chi connectivity index (χ3v) is 13.0. The van der Waals surface area contributed by atoms with Crippen molar-refractivity contribution in [3.63, 3.8) is 0 Å². The van der Waals surface area contributed by atoms with Gasteiger partial charge in [0.25, 0.3) is 0 Å². The molecule has 2 rings (SSSR count). The standard InChI is InChI=1S/C52H98O14/c1-3-5-7-9-11-13-15-16-17-18-19-20-21-22-23-24-25-27-29-31-33-35-44(54)64-41(38-61-36-34-32-30-28-26-14-12-10-8-6-4-2)39-62-51-50(60)48(58)46(56)43(66-51)40-63-52-49(59)47(57)45(55)42(37-53)65-52/h18-19,41-43,45-53,55-60H,3-17,20-40H2,1-2H3/b19-18-. The molecule has 0 bridgehead atoms. The summed E-state index contributed by atoms with van der Waals surface area (Å²) in [5.74, 6) is -0.375. The fraction of sp³-hybridized carbons (Fsp3) is 0.942. The molecule has 66 heavy (non-hydrogen) atoms. The van der Waals surface area contributed by atoms with Crippen LogP contribution < -0.4 is 0 Å². The summed E-state index contributed by atoms with van der Waals surface area (Å²) in [5.41, 5.74) is 0. The Hall–Kier alpha value is -1.27. The number of hydrogen-bond donors (Lipinski definition) is 7. The maximum atomic E-state index is 13.0. The molecule has 7 N–H and O–H groups in total. The van der Waals surface area contributed by atoms with Gasteiger partial charge >= 0.3 is 5.97 Å². The van der Waals surface area contributed by atoms with Crippen LogP contribution in [0.25, 0.3) is 0 Å².